The van der Waals surface area contributed by atoms with Crippen LogP contribution < -0.4 is 0 Å². The molecule has 0 aliphatic heterocycles. The van der Waals surface area contributed by atoms with Crippen LogP contribution in [-0.4, -0.2) is 9.97 Å². The highest BCUT2D eigenvalue weighted by atomic mass is 14.6. The first-order chi connectivity index (χ1) is 12.8. The standard InChI is InChI=1S/2C10H9N.2C2H6/c1-8-4-2-6-10-9(8)5-3-7-11-10;1-8-3-2-4-9-7-11-6-5-10(8)9;2*1-2/h2*2-7H,1H3;2*1-2H3. The largest absolute Gasteiger partial charge is 0.264 e. The van der Waals surface area contributed by atoms with Crippen LogP contribution in [0.3, 0.4) is 0 Å². The predicted octanol–water partition coefficient (Wildman–Crippen LogP) is 7.14. The smallest absolute Gasteiger partial charge is 0.0704 e. The summed E-state index contributed by atoms with van der Waals surface area (Å²) in [5.74, 6) is 0. The molecule has 2 heterocycles. The minimum absolute atomic E-state index is 1.08. The SMILES string of the molecule is CC.CC.Cc1cccc2cnccc12.Cc1cccc2ncccc12. The topological polar surface area (TPSA) is 25.8 Å². The zero-order valence-corrected chi connectivity index (χ0v) is 16.8. The summed E-state index contributed by atoms with van der Waals surface area (Å²) >= 11 is 0. The fraction of sp³-hybridized carbons (Fsp3) is 0.250. The molecule has 26 heavy (non-hydrogen) atoms. The zero-order chi connectivity index (χ0) is 19.4. The van der Waals surface area contributed by atoms with Crippen LogP contribution in [0.1, 0.15) is 38.8 Å². The van der Waals surface area contributed by atoms with Gasteiger partial charge in [0.15, 0.2) is 0 Å². The number of benzene rings is 2. The Morgan fingerprint density at radius 3 is 1.92 bits per heavy atom. The lowest BCUT2D eigenvalue weighted by molar-refractivity contribution is 1.36. The van der Waals surface area contributed by atoms with Gasteiger partial charge in [-0.15, -0.1) is 0 Å². The van der Waals surface area contributed by atoms with Crippen molar-refractivity contribution in [1.82, 2.24) is 9.97 Å². The average Bonchev–Trinajstić information content (AvgIpc) is 2.72. The molecule has 0 radical (unpaired) electrons. The highest BCUT2D eigenvalue weighted by molar-refractivity contribution is 5.84. The van der Waals surface area contributed by atoms with Gasteiger partial charge in [-0.25, -0.2) is 0 Å². The van der Waals surface area contributed by atoms with E-state index in [0.29, 0.717) is 0 Å². The fourth-order valence-electron chi connectivity index (χ4n) is 2.54. The van der Waals surface area contributed by atoms with Gasteiger partial charge in [-0.3, -0.25) is 9.97 Å². The lowest BCUT2D eigenvalue weighted by Crippen LogP contribution is -1.79. The Labute approximate surface area is 157 Å². The second kappa shape index (κ2) is 11.8. The molecule has 0 unspecified atom stereocenters. The first-order valence-electron chi connectivity index (χ1n) is 9.35. The molecule has 0 amide bonds. The first kappa shape index (κ1) is 21.3. The summed E-state index contributed by atoms with van der Waals surface area (Å²) in [5.41, 5.74) is 3.67. The van der Waals surface area contributed by atoms with Crippen molar-refractivity contribution in [3.05, 3.63) is 84.3 Å². The molecular formula is C24H30N2. The van der Waals surface area contributed by atoms with Crippen LogP contribution in [0, 0.1) is 13.8 Å². The third-order valence-electron chi connectivity index (χ3n) is 3.76. The Kier molecular flexibility index (Phi) is 9.63. The van der Waals surface area contributed by atoms with Gasteiger partial charge >= 0.3 is 0 Å². The van der Waals surface area contributed by atoms with Gasteiger partial charge in [0.1, 0.15) is 0 Å². The van der Waals surface area contributed by atoms with Crippen LogP contribution in [0.4, 0.5) is 0 Å². The third-order valence-corrected chi connectivity index (χ3v) is 3.76. The molecular weight excluding hydrogens is 316 g/mol. The number of hydrogen-bond acceptors (Lipinski definition) is 2. The van der Waals surface area contributed by atoms with E-state index >= 15 is 0 Å². The van der Waals surface area contributed by atoms with Crippen LogP contribution in [0.15, 0.2) is 73.2 Å². The van der Waals surface area contributed by atoms with E-state index in [1.807, 2.05) is 70.6 Å². The highest BCUT2D eigenvalue weighted by Gasteiger charge is 1.94. The fourth-order valence-corrected chi connectivity index (χ4v) is 2.54. The maximum absolute atomic E-state index is 4.24. The van der Waals surface area contributed by atoms with Crippen molar-refractivity contribution < 1.29 is 0 Å². The molecule has 0 bridgehead atoms. The molecule has 2 aromatic carbocycles. The number of fused-ring (bicyclic) bond motifs is 2. The molecule has 2 heteroatoms. The predicted molar refractivity (Wildman–Crippen MR) is 116 cm³/mol. The monoisotopic (exact) mass is 346 g/mol. The number of hydrogen-bond donors (Lipinski definition) is 0. The minimum Gasteiger partial charge on any atom is -0.264 e. The van der Waals surface area contributed by atoms with Gasteiger partial charge in [-0.2, -0.15) is 0 Å². The van der Waals surface area contributed by atoms with Crippen molar-refractivity contribution >= 4 is 21.7 Å². The number of aromatic nitrogens is 2. The molecule has 0 fully saturated rings. The molecule has 4 rings (SSSR count). The lowest BCUT2D eigenvalue weighted by Gasteiger charge is -1.98. The highest BCUT2D eigenvalue weighted by Crippen LogP contribution is 2.15. The van der Waals surface area contributed by atoms with Gasteiger partial charge in [0.2, 0.25) is 0 Å². The van der Waals surface area contributed by atoms with Crippen LogP contribution in [0.25, 0.3) is 21.7 Å². The quantitative estimate of drug-likeness (QED) is 0.338. The van der Waals surface area contributed by atoms with Gasteiger partial charge < -0.3 is 0 Å². The molecule has 136 valence electrons. The van der Waals surface area contributed by atoms with Crippen LogP contribution >= 0.6 is 0 Å². The van der Waals surface area contributed by atoms with E-state index in [-0.39, 0.29) is 0 Å². The third kappa shape index (κ3) is 5.66. The summed E-state index contributed by atoms with van der Waals surface area (Å²) in [6.07, 6.45) is 5.54. The van der Waals surface area contributed by atoms with E-state index in [0.717, 1.165) is 5.52 Å². The van der Waals surface area contributed by atoms with Gasteiger partial charge in [0.05, 0.1) is 5.52 Å². The van der Waals surface area contributed by atoms with Crippen LogP contribution in [-0.2, 0) is 0 Å². The van der Waals surface area contributed by atoms with Gasteiger partial charge in [0, 0.05) is 29.4 Å². The van der Waals surface area contributed by atoms with E-state index in [4.69, 9.17) is 0 Å². The molecule has 0 saturated carbocycles. The van der Waals surface area contributed by atoms with Crippen molar-refractivity contribution in [3.63, 3.8) is 0 Å². The van der Waals surface area contributed by atoms with E-state index in [2.05, 4.69) is 54.1 Å². The zero-order valence-electron chi connectivity index (χ0n) is 16.8. The van der Waals surface area contributed by atoms with Crippen LogP contribution in [0.2, 0.25) is 0 Å². The summed E-state index contributed by atoms with van der Waals surface area (Å²) in [5, 5.41) is 3.75. The van der Waals surface area contributed by atoms with Crippen molar-refractivity contribution in [2.45, 2.75) is 41.5 Å². The van der Waals surface area contributed by atoms with Gasteiger partial charge in [0.25, 0.3) is 0 Å². The molecule has 0 atom stereocenters. The Balaban J connectivity index is 0.000000219. The van der Waals surface area contributed by atoms with E-state index < -0.39 is 0 Å². The summed E-state index contributed by atoms with van der Waals surface area (Å²) in [4.78, 5) is 8.30. The Morgan fingerprint density at radius 1 is 0.615 bits per heavy atom. The Hall–Kier alpha value is -2.74. The molecule has 2 aromatic heterocycles. The summed E-state index contributed by atoms with van der Waals surface area (Å²) < 4.78 is 0. The molecule has 0 N–H and O–H groups in total. The number of pyridine rings is 2. The Morgan fingerprint density at radius 2 is 1.27 bits per heavy atom. The Bertz CT molecular complexity index is 826. The molecule has 0 aliphatic rings. The summed E-state index contributed by atoms with van der Waals surface area (Å²) in [6, 6.07) is 18.5. The van der Waals surface area contributed by atoms with Crippen molar-refractivity contribution in [2.75, 3.05) is 0 Å². The summed E-state index contributed by atoms with van der Waals surface area (Å²) in [7, 11) is 0. The van der Waals surface area contributed by atoms with Crippen molar-refractivity contribution in [2.24, 2.45) is 0 Å². The lowest BCUT2D eigenvalue weighted by atomic mass is 10.1. The second-order valence-electron chi connectivity index (χ2n) is 5.32. The number of rotatable bonds is 0. The maximum Gasteiger partial charge on any atom is 0.0704 e. The van der Waals surface area contributed by atoms with Crippen molar-refractivity contribution in [3.8, 4) is 0 Å². The molecule has 0 spiro atoms. The normalized spacial score (nSPS) is 9.15. The van der Waals surface area contributed by atoms with Gasteiger partial charge in [-0.05, 0) is 48.6 Å². The number of aryl methyl sites for hydroxylation is 2. The molecule has 0 saturated heterocycles. The van der Waals surface area contributed by atoms with E-state index in [1.165, 1.54) is 27.3 Å². The first-order valence-corrected chi connectivity index (χ1v) is 9.35. The maximum atomic E-state index is 4.24. The average molecular weight is 347 g/mol. The number of nitrogens with zero attached hydrogens (tertiary/aromatic N) is 2. The molecule has 0 aliphatic carbocycles. The van der Waals surface area contributed by atoms with Gasteiger partial charge in [-0.1, -0.05) is 64.1 Å². The molecule has 4 aromatic rings. The minimum atomic E-state index is 1.08. The van der Waals surface area contributed by atoms with Crippen molar-refractivity contribution in [1.29, 1.82) is 0 Å². The molecule has 2 nitrogen and oxygen atoms in total. The van der Waals surface area contributed by atoms with E-state index in [1.54, 1.807) is 0 Å². The summed E-state index contributed by atoms with van der Waals surface area (Å²) in [6.45, 7) is 12.2. The van der Waals surface area contributed by atoms with Crippen LogP contribution in [0.5, 0.6) is 0 Å². The van der Waals surface area contributed by atoms with E-state index in [9.17, 15) is 0 Å². The second-order valence-corrected chi connectivity index (χ2v) is 5.32.